The Morgan fingerprint density at radius 3 is 1.94 bits per heavy atom. The number of rotatable bonds is 19. The fourth-order valence-electron chi connectivity index (χ4n) is 7.09. The van der Waals surface area contributed by atoms with Crippen LogP contribution in [0.15, 0.2) is 113 Å². The van der Waals surface area contributed by atoms with Crippen molar-refractivity contribution in [2.45, 2.75) is 61.9 Å². The largest absolute Gasteiger partial charge is 0.497 e. The van der Waals surface area contributed by atoms with E-state index in [1.165, 1.54) is 25.1 Å². The molecule has 0 spiro atoms. The minimum absolute atomic E-state index is 0.0808. The van der Waals surface area contributed by atoms with Crippen molar-refractivity contribution in [1.29, 1.82) is 5.26 Å². The lowest BCUT2D eigenvalue weighted by Crippen LogP contribution is -2.42. The van der Waals surface area contributed by atoms with Crippen LogP contribution in [0.4, 0.5) is 4.79 Å². The van der Waals surface area contributed by atoms with Crippen LogP contribution in [0, 0.1) is 11.3 Å². The van der Waals surface area contributed by atoms with Crippen LogP contribution in [0.25, 0.3) is 32.7 Å². The zero-order valence-corrected chi connectivity index (χ0v) is 40.9. The summed E-state index contributed by atoms with van der Waals surface area (Å²) in [5, 5.41) is 36.7. The molecule has 1 amide bonds. The average molecular weight is 996 g/mol. The lowest BCUT2D eigenvalue weighted by molar-refractivity contribution is 0.0494. The van der Waals surface area contributed by atoms with Gasteiger partial charge in [-0.3, -0.25) is 0 Å². The fourth-order valence-corrected chi connectivity index (χ4v) is 11.4. The van der Waals surface area contributed by atoms with Gasteiger partial charge in [0, 0.05) is 31.7 Å². The number of carbonyl (C=O) groups excluding carboxylic acids is 1. The summed E-state index contributed by atoms with van der Waals surface area (Å²) >= 11 is 1.13. The zero-order valence-electron chi connectivity index (χ0n) is 38.4. The Bertz CT molecular complexity index is 3160. The SMILES string of the molecule is COc1ccc(CN(Cc2ccc(OC)cc2)S(=O)(=O)c2c(S(=O)(=O)NC[C@H](O)CNC(=O)OC(C)(C)C)ccc(-c3cccc4sc(C#N)nc34)c2-c2nnn(Cc3ccc(OC)cc3)n2)cc1. The molecule has 19 nitrogen and oxygen atoms in total. The van der Waals surface area contributed by atoms with Crippen LogP contribution >= 0.6 is 11.3 Å². The predicted molar refractivity (Wildman–Crippen MR) is 257 cm³/mol. The van der Waals surface area contributed by atoms with Gasteiger partial charge in [-0.05, 0) is 96.8 Å². The number of ether oxygens (including phenoxy) is 4. The summed E-state index contributed by atoms with van der Waals surface area (Å²) in [4.78, 5) is 16.8. The van der Waals surface area contributed by atoms with Crippen LogP contribution in [0.3, 0.4) is 0 Å². The van der Waals surface area contributed by atoms with Gasteiger partial charge in [-0.15, -0.1) is 21.5 Å². The number of nitrogens with one attached hydrogen (secondary N) is 2. The minimum atomic E-state index is -5.02. The van der Waals surface area contributed by atoms with E-state index in [0.29, 0.717) is 44.2 Å². The van der Waals surface area contributed by atoms with Gasteiger partial charge >= 0.3 is 6.09 Å². The van der Waals surface area contributed by atoms with E-state index >= 15 is 8.42 Å². The fraction of sp³-hybridized carbons (Fsp3) is 0.277. The van der Waals surface area contributed by atoms with Crippen molar-refractivity contribution in [2.75, 3.05) is 34.4 Å². The number of fused-ring (bicyclic) bond motifs is 1. The quantitative estimate of drug-likeness (QED) is 0.0826. The van der Waals surface area contributed by atoms with Crippen LogP contribution in [0.1, 0.15) is 42.5 Å². The summed E-state index contributed by atoms with van der Waals surface area (Å²) in [5.41, 5.74) is 1.59. The van der Waals surface area contributed by atoms with E-state index in [0.717, 1.165) is 27.3 Å². The maximum Gasteiger partial charge on any atom is 0.407 e. The van der Waals surface area contributed by atoms with Crippen molar-refractivity contribution in [3.63, 3.8) is 0 Å². The number of nitrogens with zero attached hydrogens (tertiary/aromatic N) is 7. The summed E-state index contributed by atoms with van der Waals surface area (Å²) in [7, 11) is -5.37. The summed E-state index contributed by atoms with van der Waals surface area (Å²) in [6, 6.07) is 30.4. The summed E-state index contributed by atoms with van der Waals surface area (Å²) in [6.45, 7) is 3.50. The molecule has 0 fully saturated rings. The van der Waals surface area contributed by atoms with E-state index in [4.69, 9.17) is 18.9 Å². The molecular weight excluding hydrogens is 947 g/mol. The van der Waals surface area contributed by atoms with E-state index in [1.54, 1.807) is 119 Å². The second kappa shape index (κ2) is 21.1. The lowest BCUT2D eigenvalue weighted by atomic mass is 9.98. The van der Waals surface area contributed by atoms with Gasteiger partial charge in [0.2, 0.25) is 25.9 Å². The first kappa shape index (κ1) is 49.9. The van der Waals surface area contributed by atoms with E-state index in [2.05, 4.69) is 36.5 Å². The Kier molecular flexibility index (Phi) is 15.3. The standard InChI is InChI=1S/C47H49N9O10S3/c1-47(2,3)66-46(58)49-25-33(57)26-50-68(59,60)40-23-22-37(38-8-7-9-39-43(38)51-41(24-48)67-39)42(45-52-54-56(53-45)29-32-14-20-36(65-6)21-15-32)44(40)69(61,62)55(27-30-10-16-34(63-4)17-11-30)28-31-12-18-35(64-5)19-13-31/h7-23,33,50,57H,25-29H2,1-6H3,(H,49,58)/t33-/m1/s1. The Labute approximate surface area is 403 Å². The second-order valence-corrected chi connectivity index (χ2v) is 21.1. The van der Waals surface area contributed by atoms with Crippen molar-refractivity contribution in [3.05, 3.63) is 125 Å². The number of sulfonamides is 2. The molecule has 0 aliphatic rings. The van der Waals surface area contributed by atoms with Crippen molar-refractivity contribution in [2.24, 2.45) is 0 Å². The van der Waals surface area contributed by atoms with Gasteiger partial charge in [0.05, 0.1) is 49.8 Å². The normalized spacial score (nSPS) is 12.4. The Hall–Kier alpha value is -7.00. The van der Waals surface area contributed by atoms with E-state index in [9.17, 15) is 23.6 Å². The maximum absolute atomic E-state index is 16.1. The van der Waals surface area contributed by atoms with Gasteiger partial charge in [-0.1, -0.05) is 54.6 Å². The van der Waals surface area contributed by atoms with E-state index in [-0.39, 0.29) is 41.6 Å². The topological polar surface area (TPSA) is 250 Å². The molecular formula is C47H49N9O10S3. The lowest BCUT2D eigenvalue weighted by Gasteiger charge is -2.26. The first-order chi connectivity index (χ1) is 32.9. The number of tetrazole rings is 1. The van der Waals surface area contributed by atoms with Crippen molar-refractivity contribution >= 4 is 47.7 Å². The predicted octanol–water partition coefficient (Wildman–Crippen LogP) is 6.12. The first-order valence-electron chi connectivity index (χ1n) is 21.2. The Morgan fingerprint density at radius 1 is 0.812 bits per heavy atom. The molecule has 22 heteroatoms. The Morgan fingerprint density at radius 2 is 1.39 bits per heavy atom. The van der Waals surface area contributed by atoms with Crippen LogP contribution in [0.2, 0.25) is 0 Å². The molecule has 360 valence electrons. The van der Waals surface area contributed by atoms with Crippen molar-refractivity contribution in [1.82, 2.24) is 39.5 Å². The molecule has 0 saturated heterocycles. The number of alkyl carbamates (subject to hydrolysis) is 1. The molecule has 7 aromatic rings. The maximum atomic E-state index is 16.1. The monoisotopic (exact) mass is 995 g/mol. The molecule has 0 unspecified atom stereocenters. The van der Waals surface area contributed by atoms with Crippen LogP contribution in [-0.4, -0.2) is 104 Å². The minimum Gasteiger partial charge on any atom is -0.497 e. The molecule has 2 aromatic heterocycles. The van der Waals surface area contributed by atoms with Crippen LogP contribution in [0.5, 0.6) is 17.2 Å². The molecule has 7 rings (SSSR count). The number of carbonyl (C=O) groups is 1. The summed E-state index contributed by atoms with van der Waals surface area (Å²) in [6.07, 6.45) is -2.32. The number of aromatic nitrogens is 5. The number of hydrogen-bond acceptors (Lipinski definition) is 16. The van der Waals surface area contributed by atoms with Crippen LogP contribution in [-0.2, 0) is 44.4 Å². The zero-order chi connectivity index (χ0) is 49.5. The Balaban J connectivity index is 1.45. The van der Waals surface area contributed by atoms with Crippen LogP contribution < -0.4 is 24.2 Å². The third kappa shape index (κ3) is 12.0. The highest BCUT2D eigenvalue weighted by Crippen LogP contribution is 2.43. The molecule has 0 radical (unpaired) electrons. The van der Waals surface area contributed by atoms with Gasteiger partial charge in [-0.25, -0.2) is 31.3 Å². The van der Waals surface area contributed by atoms with Gasteiger partial charge in [0.15, 0.2) is 5.01 Å². The number of para-hydroxylation sites is 1. The third-order valence-corrected chi connectivity index (χ3v) is 14.8. The van der Waals surface area contributed by atoms with Crippen molar-refractivity contribution < 1.29 is 45.7 Å². The molecule has 0 saturated carbocycles. The van der Waals surface area contributed by atoms with Gasteiger partial charge in [0.1, 0.15) is 38.7 Å². The highest BCUT2D eigenvalue weighted by Gasteiger charge is 2.38. The van der Waals surface area contributed by atoms with Gasteiger partial charge in [-0.2, -0.15) is 14.4 Å². The molecule has 2 heterocycles. The number of thiazole rings is 1. The summed E-state index contributed by atoms with van der Waals surface area (Å²) < 4.78 is 87.1. The van der Waals surface area contributed by atoms with E-state index < -0.39 is 60.7 Å². The molecule has 3 N–H and O–H groups in total. The number of methoxy groups -OCH3 is 3. The smallest absolute Gasteiger partial charge is 0.407 e. The van der Waals surface area contributed by atoms with E-state index in [1.807, 2.05) is 0 Å². The average Bonchev–Trinajstić information content (AvgIpc) is 3.99. The number of aliphatic hydroxyl groups excluding tert-OH is 1. The highest BCUT2D eigenvalue weighted by atomic mass is 32.2. The van der Waals surface area contributed by atoms with Crippen molar-refractivity contribution in [3.8, 4) is 45.8 Å². The molecule has 1 atom stereocenters. The number of aliphatic hydroxyl groups is 1. The second-order valence-electron chi connectivity index (χ2n) is 16.4. The molecule has 0 aliphatic carbocycles. The number of amides is 1. The summed E-state index contributed by atoms with van der Waals surface area (Å²) in [5.74, 6) is 1.42. The molecule has 0 aliphatic heterocycles. The third-order valence-electron chi connectivity index (χ3n) is 10.4. The number of nitriles is 1. The van der Waals surface area contributed by atoms with Gasteiger partial charge < -0.3 is 29.4 Å². The van der Waals surface area contributed by atoms with Gasteiger partial charge in [0.25, 0.3) is 0 Å². The molecule has 69 heavy (non-hydrogen) atoms. The molecule has 5 aromatic carbocycles. The first-order valence-corrected chi connectivity index (χ1v) is 24.9. The number of hydrogen-bond donors (Lipinski definition) is 3. The number of benzene rings is 5. The molecule has 0 bridgehead atoms. The highest BCUT2D eigenvalue weighted by molar-refractivity contribution is 7.92.